The molecule has 1 fully saturated rings. The van der Waals surface area contributed by atoms with Crippen LogP contribution in [0, 0.1) is 5.92 Å². The second-order valence-corrected chi connectivity index (χ2v) is 7.70. The summed E-state index contributed by atoms with van der Waals surface area (Å²) in [6.07, 6.45) is 2.88. The lowest BCUT2D eigenvalue weighted by Crippen LogP contribution is -2.32. The zero-order valence-electron chi connectivity index (χ0n) is 17.2. The molecule has 6 heteroatoms. The van der Waals surface area contributed by atoms with Crippen LogP contribution in [0.15, 0.2) is 48.5 Å². The van der Waals surface area contributed by atoms with Gasteiger partial charge in [0, 0.05) is 55.7 Å². The summed E-state index contributed by atoms with van der Waals surface area (Å²) in [6.45, 7) is 6.60. The predicted octanol–water partition coefficient (Wildman–Crippen LogP) is 4.32. The van der Waals surface area contributed by atoms with Crippen LogP contribution < -0.4 is 20.9 Å². The second-order valence-electron chi connectivity index (χ2n) is 7.70. The number of carbonyl (C=O) groups excluding carboxylic acids is 2. The maximum absolute atomic E-state index is 12.1. The summed E-state index contributed by atoms with van der Waals surface area (Å²) in [5.74, 6) is 0.656. The predicted molar refractivity (Wildman–Crippen MR) is 120 cm³/mol. The van der Waals surface area contributed by atoms with Crippen molar-refractivity contribution in [2.75, 3.05) is 40.5 Å². The summed E-state index contributed by atoms with van der Waals surface area (Å²) in [4.78, 5) is 25.6. The average Bonchev–Trinajstić information content (AvgIpc) is 2.70. The molecule has 0 atom stereocenters. The van der Waals surface area contributed by atoms with E-state index in [4.69, 9.17) is 0 Å². The number of nitrogens with zero attached hydrogens (tertiary/aromatic N) is 1. The van der Waals surface area contributed by atoms with Crippen molar-refractivity contribution >= 4 is 34.6 Å². The third-order valence-corrected chi connectivity index (χ3v) is 5.19. The Morgan fingerprint density at radius 3 is 2.03 bits per heavy atom. The average molecular weight is 395 g/mol. The Hall–Kier alpha value is -3.02. The van der Waals surface area contributed by atoms with Crippen molar-refractivity contribution in [3.8, 4) is 0 Å². The molecule has 3 rings (SSSR count). The van der Waals surface area contributed by atoms with Crippen LogP contribution in [0.5, 0.6) is 0 Å². The Bertz CT molecular complexity index is 810. The molecule has 3 N–H and O–H groups in total. The van der Waals surface area contributed by atoms with Gasteiger partial charge >= 0.3 is 0 Å². The molecule has 29 heavy (non-hydrogen) atoms. The van der Waals surface area contributed by atoms with E-state index in [1.807, 2.05) is 0 Å². The van der Waals surface area contributed by atoms with Crippen molar-refractivity contribution in [2.24, 2.45) is 5.92 Å². The van der Waals surface area contributed by atoms with Crippen LogP contribution in [0.25, 0.3) is 0 Å². The number of nitrogens with one attached hydrogen (secondary N) is 3. The first kappa shape index (κ1) is 20.7. The van der Waals surface area contributed by atoms with Crippen molar-refractivity contribution in [3.63, 3.8) is 0 Å². The third kappa shape index (κ3) is 6.52. The Morgan fingerprint density at radius 1 is 0.897 bits per heavy atom. The summed E-state index contributed by atoms with van der Waals surface area (Å²) in [5, 5.41) is 8.87. The molecule has 154 valence electrons. The normalized spacial score (nSPS) is 14.3. The van der Waals surface area contributed by atoms with Gasteiger partial charge in [-0.1, -0.05) is 6.92 Å². The summed E-state index contributed by atoms with van der Waals surface area (Å²) < 4.78 is 0. The van der Waals surface area contributed by atoms with E-state index < -0.39 is 0 Å². The van der Waals surface area contributed by atoms with E-state index in [1.165, 1.54) is 25.5 Å². The van der Waals surface area contributed by atoms with Crippen LogP contribution in [-0.2, 0) is 9.59 Å². The number of hydrogen-bond donors (Lipinski definition) is 3. The molecule has 2 aromatic rings. The molecular weight excluding hydrogens is 364 g/mol. The van der Waals surface area contributed by atoms with E-state index in [2.05, 4.69) is 52.0 Å². The SMILES string of the molecule is CC(=O)Nc1ccc(NC(=O)CCNc2ccc(N3CCC(C)CC3)cc2)cc1. The molecule has 2 aromatic carbocycles. The monoisotopic (exact) mass is 394 g/mol. The van der Waals surface area contributed by atoms with Gasteiger partial charge in [0.25, 0.3) is 0 Å². The topological polar surface area (TPSA) is 73.5 Å². The Kier molecular flexibility index (Phi) is 7.11. The van der Waals surface area contributed by atoms with Crippen LogP contribution in [0.2, 0.25) is 0 Å². The molecule has 0 aliphatic carbocycles. The van der Waals surface area contributed by atoms with E-state index in [1.54, 1.807) is 24.3 Å². The standard InChI is InChI=1S/C23H30N4O2/c1-17-12-15-27(16-13-17)22-9-7-19(8-10-22)24-14-11-23(29)26-21-5-3-20(4-6-21)25-18(2)28/h3-10,17,24H,11-16H2,1-2H3,(H,25,28)(H,26,29). The fraction of sp³-hybridized carbons (Fsp3) is 0.391. The molecule has 6 nitrogen and oxygen atoms in total. The molecule has 0 saturated carbocycles. The molecular formula is C23H30N4O2. The first-order valence-electron chi connectivity index (χ1n) is 10.3. The van der Waals surface area contributed by atoms with E-state index in [0.29, 0.717) is 24.3 Å². The van der Waals surface area contributed by atoms with Crippen molar-refractivity contribution in [1.29, 1.82) is 0 Å². The van der Waals surface area contributed by atoms with Crippen molar-refractivity contribution in [3.05, 3.63) is 48.5 Å². The van der Waals surface area contributed by atoms with E-state index >= 15 is 0 Å². The van der Waals surface area contributed by atoms with E-state index in [-0.39, 0.29) is 11.8 Å². The molecule has 1 saturated heterocycles. The van der Waals surface area contributed by atoms with Crippen molar-refractivity contribution in [1.82, 2.24) is 0 Å². The number of anilines is 4. The zero-order chi connectivity index (χ0) is 20.6. The highest BCUT2D eigenvalue weighted by atomic mass is 16.2. The maximum atomic E-state index is 12.1. The summed E-state index contributed by atoms with van der Waals surface area (Å²) in [5.41, 5.74) is 3.71. The van der Waals surface area contributed by atoms with Crippen LogP contribution in [0.1, 0.15) is 33.1 Å². The minimum Gasteiger partial charge on any atom is -0.385 e. The van der Waals surface area contributed by atoms with Crippen molar-refractivity contribution in [2.45, 2.75) is 33.1 Å². The van der Waals surface area contributed by atoms with Crippen LogP contribution >= 0.6 is 0 Å². The van der Waals surface area contributed by atoms with Gasteiger partial charge < -0.3 is 20.9 Å². The molecule has 1 aliphatic rings. The fourth-order valence-electron chi connectivity index (χ4n) is 3.44. The van der Waals surface area contributed by atoms with Crippen LogP contribution in [0.4, 0.5) is 22.7 Å². The van der Waals surface area contributed by atoms with Gasteiger partial charge in [-0.25, -0.2) is 0 Å². The first-order valence-corrected chi connectivity index (χ1v) is 10.3. The largest absolute Gasteiger partial charge is 0.385 e. The summed E-state index contributed by atoms with van der Waals surface area (Å²) in [6, 6.07) is 15.5. The van der Waals surface area contributed by atoms with Gasteiger partial charge in [0.2, 0.25) is 11.8 Å². The summed E-state index contributed by atoms with van der Waals surface area (Å²) >= 11 is 0. The van der Waals surface area contributed by atoms with Gasteiger partial charge in [0.1, 0.15) is 0 Å². The summed E-state index contributed by atoms with van der Waals surface area (Å²) in [7, 11) is 0. The number of piperidine rings is 1. The number of rotatable bonds is 7. The van der Waals surface area contributed by atoms with Gasteiger partial charge in [0.15, 0.2) is 0 Å². The molecule has 0 bridgehead atoms. The first-order chi connectivity index (χ1) is 14.0. The zero-order valence-corrected chi connectivity index (χ0v) is 17.2. The minimum atomic E-state index is -0.119. The Balaban J connectivity index is 1.40. The van der Waals surface area contributed by atoms with E-state index in [0.717, 1.165) is 24.7 Å². The highest BCUT2D eigenvalue weighted by Crippen LogP contribution is 2.24. The van der Waals surface area contributed by atoms with Gasteiger partial charge in [-0.2, -0.15) is 0 Å². The molecule has 0 spiro atoms. The molecule has 0 unspecified atom stereocenters. The molecule has 1 aliphatic heterocycles. The highest BCUT2D eigenvalue weighted by molar-refractivity contribution is 5.92. The van der Waals surface area contributed by atoms with Gasteiger partial charge in [-0.3, -0.25) is 9.59 Å². The lowest BCUT2D eigenvalue weighted by Gasteiger charge is -2.32. The smallest absolute Gasteiger partial charge is 0.226 e. The number of carbonyl (C=O) groups is 2. The maximum Gasteiger partial charge on any atom is 0.226 e. The van der Waals surface area contributed by atoms with Gasteiger partial charge in [-0.15, -0.1) is 0 Å². The molecule has 2 amide bonds. The second kappa shape index (κ2) is 9.96. The van der Waals surface area contributed by atoms with Gasteiger partial charge in [-0.05, 0) is 67.3 Å². The number of amides is 2. The fourth-order valence-corrected chi connectivity index (χ4v) is 3.44. The Labute approximate surface area is 172 Å². The number of benzene rings is 2. The third-order valence-electron chi connectivity index (χ3n) is 5.19. The lowest BCUT2D eigenvalue weighted by molar-refractivity contribution is -0.116. The van der Waals surface area contributed by atoms with Gasteiger partial charge in [0.05, 0.1) is 0 Å². The van der Waals surface area contributed by atoms with Crippen LogP contribution in [-0.4, -0.2) is 31.4 Å². The molecule has 0 aromatic heterocycles. The lowest BCUT2D eigenvalue weighted by atomic mass is 9.99. The van der Waals surface area contributed by atoms with Crippen molar-refractivity contribution < 1.29 is 9.59 Å². The number of hydrogen-bond acceptors (Lipinski definition) is 4. The quantitative estimate of drug-likeness (QED) is 0.654. The minimum absolute atomic E-state index is 0.0520. The molecule has 0 radical (unpaired) electrons. The Morgan fingerprint density at radius 2 is 1.45 bits per heavy atom. The molecule has 1 heterocycles. The highest BCUT2D eigenvalue weighted by Gasteiger charge is 2.15. The van der Waals surface area contributed by atoms with E-state index in [9.17, 15) is 9.59 Å². The van der Waals surface area contributed by atoms with Crippen LogP contribution in [0.3, 0.4) is 0 Å².